The van der Waals surface area contributed by atoms with Gasteiger partial charge in [-0.1, -0.05) is 12.1 Å². The Labute approximate surface area is 318 Å². The smallest absolute Gasteiger partial charge is 0.321 e. The highest BCUT2D eigenvalue weighted by atomic mass is 19.4. The summed E-state index contributed by atoms with van der Waals surface area (Å²) in [5.74, 6) is -1.60. The number of halogens is 4. The minimum atomic E-state index is -4.67. The van der Waals surface area contributed by atoms with Gasteiger partial charge in [0, 0.05) is 49.7 Å². The van der Waals surface area contributed by atoms with Crippen molar-refractivity contribution < 1.29 is 31.9 Å². The van der Waals surface area contributed by atoms with Crippen molar-refractivity contribution in [2.24, 2.45) is 13.0 Å². The van der Waals surface area contributed by atoms with Gasteiger partial charge in [0.05, 0.1) is 22.6 Å². The van der Waals surface area contributed by atoms with Gasteiger partial charge >= 0.3 is 11.9 Å². The van der Waals surface area contributed by atoms with Crippen LogP contribution in [0.4, 0.5) is 23.2 Å². The van der Waals surface area contributed by atoms with E-state index in [9.17, 15) is 32.3 Å². The Kier molecular flexibility index (Phi) is 9.79. The first-order valence-electron chi connectivity index (χ1n) is 19.0. The number of aromatic nitrogens is 5. The maximum absolute atomic E-state index is 16.1. The van der Waals surface area contributed by atoms with E-state index in [1.54, 1.807) is 37.4 Å². The number of pyridine rings is 1. The lowest BCUT2D eigenvalue weighted by Gasteiger charge is -2.38. The number of carbonyl (C=O) groups excluding carboxylic acids is 3. The number of piperidine rings is 2. The molecular formula is C40H42F4N8O4. The summed E-state index contributed by atoms with van der Waals surface area (Å²) in [5.41, 5.74) is 1.57. The van der Waals surface area contributed by atoms with Gasteiger partial charge in [0.15, 0.2) is 0 Å². The van der Waals surface area contributed by atoms with Gasteiger partial charge in [0.2, 0.25) is 11.8 Å². The van der Waals surface area contributed by atoms with E-state index in [-0.39, 0.29) is 48.3 Å². The van der Waals surface area contributed by atoms with Gasteiger partial charge in [0.1, 0.15) is 23.6 Å². The third kappa shape index (κ3) is 7.21. The largest absolute Gasteiger partial charge is 0.433 e. The maximum Gasteiger partial charge on any atom is 0.433 e. The summed E-state index contributed by atoms with van der Waals surface area (Å²) >= 11 is 0. The first-order chi connectivity index (χ1) is 26.7. The second-order valence-electron chi connectivity index (χ2n) is 15.5. The summed E-state index contributed by atoms with van der Waals surface area (Å²) in [6.07, 6.45) is 0.801. The molecule has 3 aromatic heterocycles. The van der Waals surface area contributed by atoms with E-state index in [0.29, 0.717) is 29.1 Å². The van der Waals surface area contributed by atoms with Gasteiger partial charge in [0.25, 0.3) is 5.91 Å². The summed E-state index contributed by atoms with van der Waals surface area (Å²) in [4.78, 5) is 56.4. The van der Waals surface area contributed by atoms with Crippen LogP contribution in [0, 0.1) is 12.8 Å². The fourth-order valence-electron chi connectivity index (χ4n) is 8.87. The van der Waals surface area contributed by atoms with E-state index >= 15 is 4.39 Å². The molecule has 2 aliphatic heterocycles. The van der Waals surface area contributed by atoms with E-state index in [0.717, 1.165) is 61.3 Å². The van der Waals surface area contributed by atoms with Crippen LogP contribution in [-0.4, -0.2) is 72.3 Å². The molecule has 1 unspecified atom stereocenters. The normalized spacial score (nSPS) is 23.8. The number of rotatable bonds is 7. The standard InChI is InChI=1S/C40H42F4N8O4/c1-22-16-31(46-34(17-22)40(42,43)44)37(54)45-25-8-11-30-24(18-25)20-51(48-30)26-9-6-23(7-10-26)19-50-15-14-27(29(41)21-50)28-4-3-5-32-36(28)49(2)39(56)52(32)33-12-13-35(53)47-38(33)55/h3-5,8,11,16-18,20,23,26-27,29,33H,6-7,9-10,12-15,19,21H2,1-2H3,(H,45,54)(H,47,53,55)/t23?,26?,27-,29+,33?/m0/s1. The zero-order valence-electron chi connectivity index (χ0n) is 31.0. The average molecular weight is 775 g/mol. The Balaban J connectivity index is 0.875. The molecule has 56 heavy (non-hydrogen) atoms. The number of fused-ring (bicyclic) bond motifs is 2. The lowest BCUT2D eigenvalue weighted by molar-refractivity contribution is -0.141. The number of nitrogens with one attached hydrogen (secondary N) is 2. The quantitative estimate of drug-likeness (QED) is 0.149. The van der Waals surface area contributed by atoms with Gasteiger partial charge < -0.3 is 10.2 Å². The SMILES string of the molecule is Cc1cc(C(=O)Nc2ccc3nn(C4CCC(CN5CC[C@@H](c6cccc7c6n(C)c(=O)n7C6CCC(=O)NC6=O)[C@H](F)C5)CC4)cc3c2)nc(C(F)(F)F)c1. The van der Waals surface area contributed by atoms with Gasteiger partial charge in [-0.25, -0.2) is 14.2 Å². The highest BCUT2D eigenvalue weighted by Gasteiger charge is 2.37. The monoisotopic (exact) mass is 774 g/mol. The summed E-state index contributed by atoms with van der Waals surface area (Å²) in [7, 11) is 1.64. The van der Waals surface area contributed by atoms with Crippen LogP contribution < -0.4 is 16.3 Å². The van der Waals surface area contributed by atoms with Crippen molar-refractivity contribution in [3.05, 3.63) is 87.7 Å². The summed E-state index contributed by atoms with van der Waals surface area (Å²) in [6.45, 7) is 3.28. The van der Waals surface area contributed by atoms with Crippen molar-refractivity contribution in [1.82, 2.24) is 34.1 Å². The van der Waals surface area contributed by atoms with E-state index in [1.165, 1.54) is 22.1 Å². The number of anilines is 1. The predicted octanol–water partition coefficient (Wildman–Crippen LogP) is 6.20. The molecule has 2 saturated heterocycles. The number of imide groups is 1. The number of para-hydroxylation sites is 1. The van der Waals surface area contributed by atoms with Crippen LogP contribution >= 0.6 is 0 Å². The first-order valence-corrected chi connectivity index (χ1v) is 19.0. The van der Waals surface area contributed by atoms with Crippen LogP contribution in [-0.2, 0) is 22.8 Å². The van der Waals surface area contributed by atoms with E-state index < -0.39 is 41.8 Å². The Morgan fingerprint density at radius 3 is 2.52 bits per heavy atom. The van der Waals surface area contributed by atoms with E-state index in [2.05, 4.69) is 20.5 Å². The molecule has 1 saturated carbocycles. The lowest BCUT2D eigenvalue weighted by atomic mass is 9.83. The number of benzene rings is 2. The maximum atomic E-state index is 16.1. The van der Waals surface area contributed by atoms with Gasteiger partial charge in [-0.15, -0.1) is 0 Å². The highest BCUT2D eigenvalue weighted by Crippen LogP contribution is 2.38. The van der Waals surface area contributed by atoms with Crippen molar-refractivity contribution in [3.63, 3.8) is 0 Å². The topological polar surface area (TPSA) is 136 Å². The van der Waals surface area contributed by atoms with Gasteiger partial charge in [-0.05, 0) is 105 Å². The summed E-state index contributed by atoms with van der Waals surface area (Å²) < 4.78 is 60.7. The number of nitrogens with zero attached hydrogens (tertiary/aromatic N) is 6. The van der Waals surface area contributed by atoms with Crippen molar-refractivity contribution >= 4 is 45.3 Å². The molecular weight excluding hydrogens is 732 g/mol. The molecule has 3 atom stereocenters. The third-order valence-electron chi connectivity index (χ3n) is 11.7. The molecule has 5 heterocycles. The van der Waals surface area contributed by atoms with Crippen LogP contribution in [0.15, 0.2) is 59.5 Å². The first kappa shape index (κ1) is 37.5. The molecule has 0 spiro atoms. The highest BCUT2D eigenvalue weighted by molar-refractivity contribution is 6.04. The Morgan fingerprint density at radius 2 is 1.79 bits per heavy atom. The van der Waals surface area contributed by atoms with Crippen molar-refractivity contribution in [1.29, 1.82) is 0 Å². The fourth-order valence-corrected chi connectivity index (χ4v) is 8.87. The minimum Gasteiger partial charge on any atom is -0.321 e. The Bertz CT molecular complexity index is 2410. The second kappa shape index (κ2) is 14.6. The molecule has 3 aliphatic rings. The average Bonchev–Trinajstić information content (AvgIpc) is 3.69. The number of alkyl halides is 4. The molecule has 16 heteroatoms. The molecule has 3 amide bonds. The number of likely N-dealkylation sites (tertiary alicyclic amines) is 1. The summed E-state index contributed by atoms with van der Waals surface area (Å²) in [6, 6.07) is 12.2. The zero-order valence-corrected chi connectivity index (χ0v) is 31.0. The molecule has 12 nitrogen and oxygen atoms in total. The Hall–Kier alpha value is -5.38. The van der Waals surface area contributed by atoms with Gasteiger partial charge in [-0.2, -0.15) is 18.3 Å². The predicted molar refractivity (Wildman–Crippen MR) is 200 cm³/mol. The van der Waals surface area contributed by atoms with Crippen molar-refractivity contribution in [2.45, 2.75) is 82.2 Å². The fraction of sp³-hybridized carbons (Fsp3) is 0.450. The van der Waals surface area contributed by atoms with Crippen LogP contribution in [0.3, 0.4) is 0 Å². The number of aryl methyl sites for hydroxylation is 2. The lowest BCUT2D eigenvalue weighted by Crippen LogP contribution is -2.44. The van der Waals surface area contributed by atoms with Gasteiger partial charge in [-0.3, -0.25) is 33.5 Å². The van der Waals surface area contributed by atoms with Crippen molar-refractivity contribution in [3.8, 4) is 0 Å². The van der Waals surface area contributed by atoms with E-state index in [1.807, 2.05) is 16.9 Å². The minimum absolute atomic E-state index is 0.145. The van der Waals surface area contributed by atoms with Crippen LogP contribution in [0.1, 0.15) is 90.3 Å². The van der Waals surface area contributed by atoms with Crippen molar-refractivity contribution in [2.75, 3.05) is 25.0 Å². The molecule has 0 radical (unpaired) electrons. The number of amides is 3. The number of imidazole rings is 1. The van der Waals surface area contributed by atoms with Crippen LogP contribution in [0.5, 0.6) is 0 Å². The molecule has 5 aromatic rings. The number of hydrogen-bond acceptors (Lipinski definition) is 7. The molecule has 2 N–H and O–H groups in total. The van der Waals surface area contributed by atoms with Crippen LogP contribution in [0.25, 0.3) is 21.9 Å². The molecule has 3 fully saturated rings. The summed E-state index contributed by atoms with van der Waals surface area (Å²) in [5, 5.41) is 10.6. The molecule has 294 valence electrons. The number of hydrogen-bond donors (Lipinski definition) is 2. The molecule has 2 aromatic carbocycles. The van der Waals surface area contributed by atoms with E-state index in [4.69, 9.17) is 5.10 Å². The Morgan fingerprint density at radius 1 is 1.00 bits per heavy atom. The zero-order chi connectivity index (χ0) is 39.5. The van der Waals surface area contributed by atoms with Crippen LogP contribution in [0.2, 0.25) is 0 Å². The molecule has 0 bridgehead atoms. The second-order valence-corrected chi connectivity index (χ2v) is 15.5. The third-order valence-corrected chi connectivity index (χ3v) is 11.7. The number of carbonyl (C=O) groups is 3. The molecule has 1 aliphatic carbocycles. The molecule has 8 rings (SSSR count).